The fourth-order valence-electron chi connectivity index (χ4n) is 3.15. The van der Waals surface area contributed by atoms with E-state index in [2.05, 4.69) is 0 Å². The van der Waals surface area contributed by atoms with Gasteiger partial charge in [-0.15, -0.1) is 0 Å². The van der Waals surface area contributed by atoms with Crippen LogP contribution in [0.4, 0.5) is 4.39 Å². The molecule has 29 heavy (non-hydrogen) atoms. The van der Waals surface area contributed by atoms with Gasteiger partial charge in [-0.1, -0.05) is 30.3 Å². The third-order valence-electron chi connectivity index (χ3n) is 4.70. The minimum atomic E-state index is -3.86. The van der Waals surface area contributed by atoms with E-state index in [-0.39, 0.29) is 36.9 Å². The molecule has 0 aliphatic carbocycles. The lowest BCUT2D eigenvalue weighted by molar-refractivity contribution is 0.0725. The highest BCUT2D eigenvalue weighted by Gasteiger charge is 2.28. The molecule has 3 aromatic rings. The first kappa shape index (κ1) is 19.5. The van der Waals surface area contributed by atoms with Crippen LogP contribution < -0.4 is 4.74 Å². The van der Waals surface area contributed by atoms with Crippen molar-refractivity contribution in [2.75, 3.05) is 26.3 Å². The van der Waals surface area contributed by atoms with Crippen LogP contribution in [0.15, 0.2) is 65.6 Å². The molecule has 6 nitrogen and oxygen atoms in total. The van der Waals surface area contributed by atoms with Crippen LogP contribution in [-0.4, -0.2) is 45.0 Å². The Morgan fingerprint density at radius 2 is 1.69 bits per heavy atom. The largest absolute Gasteiger partial charge is 0.423 e. The number of carbonyl (C=O) groups excluding carboxylic acids is 1. The highest BCUT2D eigenvalue weighted by Crippen LogP contribution is 2.24. The van der Waals surface area contributed by atoms with Gasteiger partial charge < -0.3 is 9.47 Å². The lowest BCUT2D eigenvalue weighted by atomic mass is 10.1. The molecule has 0 saturated carbocycles. The zero-order chi connectivity index (χ0) is 20.4. The summed E-state index contributed by atoms with van der Waals surface area (Å²) in [6, 6.07) is 15.7. The summed E-state index contributed by atoms with van der Waals surface area (Å²) in [7, 11) is -3.86. The Morgan fingerprint density at radius 3 is 2.45 bits per heavy atom. The second-order valence-electron chi connectivity index (χ2n) is 6.56. The predicted octanol–water partition coefficient (Wildman–Crippen LogP) is 3.22. The van der Waals surface area contributed by atoms with Crippen molar-refractivity contribution in [2.45, 2.75) is 4.90 Å². The third-order valence-corrected chi connectivity index (χ3v) is 6.59. The number of rotatable bonds is 4. The number of benzene rings is 3. The summed E-state index contributed by atoms with van der Waals surface area (Å²) in [5, 5.41) is 1.83. The first-order valence-corrected chi connectivity index (χ1v) is 10.5. The molecule has 0 unspecified atom stereocenters. The van der Waals surface area contributed by atoms with E-state index in [4.69, 9.17) is 9.47 Å². The second-order valence-corrected chi connectivity index (χ2v) is 8.49. The second kappa shape index (κ2) is 7.90. The molecule has 0 amide bonds. The SMILES string of the molecule is O=C(Oc1ccc2ccccc2c1)c1cc(S(=O)(=O)N2CCOCC2)ccc1F. The van der Waals surface area contributed by atoms with Crippen LogP contribution in [-0.2, 0) is 14.8 Å². The molecule has 150 valence electrons. The average molecular weight is 415 g/mol. The number of carbonyl (C=O) groups is 1. The van der Waals surface area contributed by atoms with E-state index < -0.39 is 27.4 Å². The highest BCUT2D eigenvalue weighted by molar-refractivity contribution is 7.89. The van der Waals surface area contributed by atoms with Crippen LogP contribution >= 0.6 is 0 Å². The Balaban J connectivity index is 1.61. The van der Waals surface area contributed by atoms with Crippen molar-refractivity contribution in [3.63, 3.8) is 0 Å². The van der Waals surface area contributed by atoms with Gasteiger partial charge in [0, 0.05) is 13.1 Å². The van der Waals surface area contributed by atoms with Crippen molar-refractivity contribution in [3.8, 4) is 5.75 Å². The zero-order valence-electron chi connectivity index (χ0n) is 15.4. The summed E-state index contributed by atoms with van der Waals surface area (Å²) in [6.45, 7) is 0.988. The van der Waals surface area contributed by atoms with Crippen molar-refractivity contribution in [1.29, 1.82) is 0 Å². The molecular formula is C21H18FNO5S. The fraction of sp³-hybridized carbons (Fsp3) is 0.190. The van der Waals surface area contributed by atoms with Crippen LogP contribution in [0.3, 0.4) is 0 Å². The van der Waals surface area contributed by atoms with E-state index in [0.717, 1.165) is 29.0 Å². The van der Waals surface area contributed by atoms with Crippen molar-refractivity contribution < 1.29 is 27.1 Å². The van der Waals surface area contributed by atoms with Gasteiger partial charge in [0.2, 0.25) is 10.0 Å². The number of ether oxygens (including phenoxy) is 2. The summed E-state index contributed by atoms with van der Waals surface area (Å²) in [4.78, 5) is 12.4. The van der Waals surface area contributed by atoms with Crippen molar-refractivity contribution in [2.24, 2.45) is 0 Å². The molecule has 1 aliphatic rings. The topological polar surface area (TPSA) is 72.9 Å². The minimum Gasteiger partial charge on any atom is -0.423 e. The number of hydrogen-bond acceptors (Lipinski definition) is 5. The highest BCUT2D eigenvalue weighted by atomic mass is 32.2. The first-order chi connectivity index (χ1) is 13.9. The molecule has 0 radical (unpaired) electrons. The van der Waals surface area contributed by atoms with Crippen LogP contribution in [0.5, 0.6) is 5.75 Å². The summed E-state index contributed by atoms with van der Waals surface area (Å²) >= 11 is 0. The maximum atomic E-state index is 14.3. The Kier molecular flexibility index (Phi) is 5.31. The molecule has 1 aliphatic heterocycles. The lowest BCUT2D eigenvalue weighted by Crippen LogP contribution is -2.40. The molecule has 8 heteroatoms. The maximum Gasteiger partial charge on any atom is 0.346 e. The molecule has 0 N–H and O–H groups in total. The number of hydrogen-bond donors (Lipinski definition) is 0. The average Bonchev–Trinajstić information content (AvgIpc) is 2.74. The molecule has 3 aromatic carbocycles. The predicted molar refractivity (Wildman–Crippen MR) is 105 cm³/mol. The van der Waals surface area contributed by atoms with E-state index in [0.29, 0.717) is 0 Å². The molecule has 1 heterocycles. The Morgan fingerprint density at radius 1 is 0.966 bits per heavy atom. The normalized spacial score (nSPS) is 15.3. The fourth-order valence-corrected chi connectivity index (χ4v) is 4.58. The molecule has 0 atom stereocenters. The van der Waals surface area contributed by atoms with Crippen molar-refractivity contribution >= 4 is 26.8 Å². The molecule has 1 fully saturated rings. The van der Waals surface area contributed by atoms with Crippen LogP contribution in [0.25, 0.3) is 10.8 Å². The maximum absolute atomic E-state index is 14.3. The Bertz CT molecular complexity index is 1170. The van der Waals surface area contributed by atoms with Crippen LogP contribution in [0.1, 0.15) is 10.4 Å². The lowest BCUT2D eigenvalue weighted by Gasteiger charge is -2.26. The number of morpholine rings is 1. The first-order valence-electron chi connectivity index (χ1n) is 9.03. The van der Waals surface area contributed by atoms with Gasteiger partial charge in [0.1, 0.15) is 11.6 Å². The van der Waals surface area contributed by atoms with Crippen LogP contribution in [0.2, 0.25) is 0 Å². The van der Waals surface area contributed by atoms with Gasteiger partial charge in [0.15, 0.2) is 0 Å². The summed E-state index contributed by atoms with van der Waals surface area (Å²) in [5.74, 6) is -1.57. The van der Waals surface area contributed by atoms with Gasteiger partial charge in [0.25, 0.3) is 0 Å². The van der Waals surface area contributed by atoms with Gasteiger partial charge in [-0.05, 0) is 41.1 Å². The quantitative estimate of drug-likeness (QED) is 0.483. The Hall–Kier alpha value is -2.81. The van der Waals surface area contributed by atoms with Gasteiger partial charge in [-0.3, -0.25) is 0 Å². The molecule has 1 saturated heterocycles. The minimum absolute atomic E-state index is 0.161. The smallest absolute Gasteiger partial charge is 0.346 e. The van der Waals surface area contributed by atoms with Gasteiger partial charge in [0.05, 0.1) is 23.7 Å². The number of halogens is 1. The number of sulfonamides is 1. The monoisotopic (exact) mass is 415 g/mol. The number of fused-ring (bicyclic) bond motifs is 1. The van der Waals surface area contributed by atoms with E-state index >= 15 is 0 Å². The van der Waals surface area contributed by atoms with E-state index in [1.807, 2.05) is 24.3 Å². The molecule has 0 spiro atoms. The Labute approximate surface area is 167 Å². The van der Waals surface area contributed by atoms with E-state index in [1.165, 1.54) is 4.31 Å². The standard InChI is InChI=1S/C21H18FNO5S/c22-20-8-7-18(29(25,26)23-9-11-27-12-10-23)14-19(20)21(24)28-17-6-5-15-3-1-2-4-16(15)13-17/h1-8,13-14H,9-12H2. The summed E-state index contributed by atoms with van der Waals surface area (Å²) in [5.41, 5.74) is -0.438. The molecular weight excluding hydrogens is 397 g/mol. The molecule has 0 bridgehead atoms. The number of nitrogens with zero attached hydrogens (tertiary/aromatic N) is 1. The van der Waals surface area contributed by atoms with Crippen molar-refractivity contribution in [3.05, 3.63) is 72.0 Å². The van der Waals surface area contributed by atoms with E-state index in [1.54, 1.807) is 18.2 Å². The summed E-state index contributed by atoms with van der Waals surface area (Å²) in [6.07, 6.45) is 0. The zero-order valence-corrected chi connectivity index (χ0v) is 16.2. The van der Waals surface area contributed by atoms with E-state index in [9.17, 15) is 17.6 Å². The molecule has 0 aromatic heterocycles. The molecule has 4 rings (SSSR count). The number of esters is 1. The summed E-state index contributed by atoms with van der Waals surface area (Å²) < 4.78 is 51.5. The van der Waals surface area contributed by atoms with Gasteiger partial charge in [-0.25, -0.2) is 17.6 Å². The van der Waals surface area contributed by atoms with Crippen molar-refractivity contribution in [1.82, 2.24) is 4.31 Å². The van der Waals surface area contributed by atoms with Crippen LogP contribution in [0, 0.1) is 5.82 Å². The van der Waals surface area contributed by atoms with Gasteiger partial charge in [-0.2, -0.15) is 4.31 Å². The van der Waals surface area contributed by atoms with Gasteiger partial charge >= 0.3 is 5.97 Å². The third kappa shape index (κ3) is 4.00.